The van der Waals surface area contributed by atoms with Crippen molar-refractivity contribution in [3.05, 3.63) is 60.2 Å². The lowest BCUT2D eigenvalue weighted by Gasteiger charge is -2.23. The molecule has 7 nitrogen and oxygen atoms in total. The molecule has 2 aromatic rings. The maximum Gasteiger partial charge on any atom is 0.254 e. The maximum absolute atomic E-state index is 13.0. The summed E-state index contributed by atoms with van der Waals surface area (Å²) < 4.78 is 5.10. The highest BCUT2D eigenvalue weighted by molar-refractivity contribution is 6.02. The zero-order valence-corrected chi connectivity index (χ0v) is 17.3. The molecule has 0 aromatic heterocycles. The van der Waals surface area contributed by atoms with Crippen molar-refractivity contribution < 1.29 is 19.4 Å². The molecule has 1 aliphatic rings. The van der Waals surface area contributed by atoms with E-state index in [1.807, 2.05) is 56.3 Å². The Morgan fingerprint density at radius 1 is 1.10 bits per heavy atom. The average molecular weight is 412 g/mol. The van der Waals surface area contributed by atoms with Gasteiger partial charge in [0, 0.05) is 5.69 Å². The van der Waals surface area contributed by atoms with Crippen LogP contribution in [0.25, 0.3) is 0 Å². The van der Waals surface area contributed by atoms with Gasteiger partial charge in [-0.15, -0.1) is 0 Å². The molecular formula is C23H29N3O4. The fraction of sp³-hybridized carbons (Fsp3) is 0.391. The van der Waals surface area contributed by atoms with Gasteiger partial charge >= 0.3 is 0 Å². The van der Waals surface area contributed by atoms with Crippen molar-refractivity contribution in [3.63, 3.8) is 0 Å². The van der Waals surface area contributed by atoms with Crippen LogP contribution in [0.1, 0.15) is 37.0 Å². The zero-order chi connectivity index (χ0) is 21.5. The summed E-state index contributed by atoms with van der Waals surface area (Å²) in [5.41, 5.74) is 1.97. The number of aliphatic hydroxyl groups excluding tert-OH is 1. The van der Waals surface area contributed by atoms with Crippen LogP contribution in [0.15, 0.2) is 54.6 Å². The fourth-order valence-corrected chi connectivity index (χ4v) is 3.41. The molecule has 1 unspecified atom stereocenters. The molecule has 3 rings (SSSR count). The molecule has 0 bridgehead atoms. The van der Waals surface area contributed by atoms with Crippen molar-refractivity contribution in [2.75, 3.05) is 11.9 Å². The minimum atomic E-state index is -1.01. The highest BCUT2D eigenvalue weighted by Crippen LogP contribution is 2.21. The molecule has 1 saturated heterocycles. The van der Waals surface area contributed by atoms with Crippen molar-refractivity contribution in [1.82, 2.24) is 10.6 Å². The number of ether oxygens (including phenoxy) is 1. The summed E-state index contributed by atoms with van der Waals surface area (Å²) >= 11 is 0. The maximum atomic E-state index is 13.0. The van der Waals surface area contributed by atoms with E-state index >= 15 is 0 Å². The average Bonchev–Trinajstić information content (AvgIpc) is 3.12. The van der Waals surface area contributed by atoms with E-state index in [1.165, 1.54) is 0 Å². The van der Waals surface area contributed by atoms with Crippen LogP contribution in [0.4, 0.5) is 11.4 Å². The van der Waals surface area contributed by atoms with E-state index < -0.39 is 18.4 Å². The largest absolute Gasteiger partial charge is 0.366 e. The third kappa shape index (κ3) is 5.81. The van der Waals surface area contributed by atoms with E-state index in [2.05, 4.69) is 16.0 Å². The van der Waals surface area contributed by atoms with Crippen molar-refractivity contribution >= 4 is 23.2 Å². The Hall–Kier alpha value is -2.90. The summed E-state index contributed by atoms with van der Waals surface area (Å²) in [7, 11) is 0. The summed E-state index contributed by atoms with van der Waals surface area (Å²) in [6.07, 6.45) is 0.00868. The molecule has 0 aliphatic carbocycles. The first-order chi connectivity index (χ1) is 14.4. The van der Waals surface area contributed by atoms with Crippen molar-refractivity contribution in [1.29, 1.82) is 0 Å². The lowest BCUT2D eigenvalue weighted by Crippen LogP contribution is -2.51. The molecular weight excluding hydrogens is 382 g/mol. The third-order valence-corrected chi connectivity index (χ3v) is 4.94. The van der Waals surface area contributed by atoms with Gasteiger partial charge in [0.2, 0.25) is 5.91 Å². The van der Waals surface area contributed by atoms with Gasteiger partial charge in [-0.2, -0.15) is 0 Å². The van der Waals surface area contributed by atoms with E-state index in [4.69, 9.17) is 4.74 Å². The van der Waals surface area contributed by atoms with Crippen LogP contribution < -0.4 is 16.0 Å². The highest BCUT2D eigenvalue weighted by atomic mass is 16.6. The number of rotatable bonds is 8. The van der Waals surface area contributed by atoms with Gasteiger partial charge in [-0.1, -0.05) is 44.2 Å². The van der Waals surface area contributed by atoms with Gasteiger partial charge in [0.05, 0.1) is 23.9 Å². The first-order valence-electron chi connectivity index (χ1n) is 10.3. The SMILES string of the molecule is CC(C)CC(NC(=O)c1ccccc1Nc1ccccc1)C(=O)N[C@H]1CCO[C@@H]1O. The monoisotopic (exact) mass is 411 g/mol. The van der Waals surface area contributed by atoms with Gasteiger partial charge in [-0.3, -0.25) is 9.59 Å². The Bertz CT molecular complexity index is 857. The first-order valence-corrected chi connectivity index (χ1v) is 10.3. The second-order valence-electron chi connectivity index (χ2n) is 7.86. The summed E-state index contributed by atoms with van der Waals surface area (Å²) in [6.45, 7) is 4.38. The topological polar surface area (TPSA) is 99.7 Å². The number of benzene rings is 2. The van der Waals surface area contributed by atoms with Crippen molar-refractivity contribution in [2.45, 2.75) is 45.1 Å². The van der Waals surface area contributed by atoms with Crippen LogP contribution in [0.2, 0.25) is 0 Å². The van der Waals surface area contributed by atoms with Crippen LogP contribution in [0.3, 0.4) is 0 Å². The summed E-state index contributed by atoms with van der Waals surface area (Å²) in [4.78, 5) is 25.9. The van der Waals surface area contributed by atoms with Gasteiger partial charge in [-0.25, -0.2) is 0 Å². The van der Waals surface area contributed by atoms with Gasteiger partial charge in [0.15, 0.2) is 6.29 Å². The molecule has 7 heteroatoms. The number of carbonyl (C=O) groups excluding carboxylic acids is 2. The van der Waals surface area contributed by atoms with Gasteiger partial charge < -0.3 is 25.8 Å². The number of anilines is 2. The Balaban J connectivity index is 1.73. The Morgan fingerprint density at radius 3 is 2.47 bits per heavy atom. The molecule has 1 aliphatic heterocycles. The number of carbonyl (C=O) groups is 2. The molecule has 160 valence electrons. The van der Waals surface area contributed by atoms with Gasteiger partial charge in [0.1, 0.15) is 6.04 Å². The molecule has 0 radical (unpaired) electrons. The summed E-state index contributed by atoms with van der Waals surface area (Å²) in [5, 5.41) is 18.7. The molecule has 0 spiro atoms. The minimum absolute atomic E-state index is 0.198. The molecule has 4 N–H and O–H groups in total. The molecule has 2 aromatic carbocycles. The number of aliphatic hydroxyl groups is 1. The van der Waals surface area contributed by atoms with Gasteiger partial charge in [0.25, 0.3) is 5.91 Å². The second kappa shape index (κ2) is 10.2. The molecule has 2 amide bonds. The molecule has 1 fully saturated rings. The normalized spacial score (nSPS) is 19.3. The number of hydrogen-bond donors (Lipinski definition) is 4. The summed E-state index contributed by atoms with van der Waals surface area (Å²) in [5.74, 6) is -0.457. The van der Waals surface area contributed by atoms with Crippen LogP contribution in [-0.2, 0) is 9.53 Å². The van der Waals surface area contributed by atoms with Crippen molar-refractivity contribution in [2.24, 2.45) is 5.92 Å². The zero-order valence-electron chi connectivity index (χ0n) is 17.3. The number of nitrogens with one attached hydrogen (secondary N) is 3. The van der Waals surface area contributed by atoms with E-state index in [9.17, 15) is 14.7 Å². The minimum Gasteiger partial charge on any atom is -0.366 e. The Labute approximate surface area is 176 Å². The lowest BCUT2D eigenvalue weighted by molar-refractivity contribution is -0.127. The number of amides is 2. The molecule has 30 heavy (non-hydrogen) atoms. The smallest absolute Gasteiger partial charge is 0.254 e. The predicted octanol–water partition coefficient (Wildman–Crippen LogP) is 2.80. The molecule has 1 heterocycles. The Morgan fingerprint density at radius 2 is 1.80 bits per heavy atom. The third-order valence-electron chi connectivity index (χ3n) is 4.94. The standard InChI is InChI=1S/C23H29N3O4/c1-15(2)14-20(22(28)25-19-12-13-30-23(19)29)26-21(27)17-10-6-7-11-18(17)24-16-8-4-3-5-9-16/h3-11,15,19-20,23-24,29H,12-14H2,1-2H3,(H,25,28)(H,26,27)/t19-,20?,23-/m0/s1. The lowest BCUT2D eigenvalue weighted by atomic mass is 10.0. The van der Waals surface area contributed by atoms with Crippen LogP contribution in [0, 0.1) is 5.92 Å². The van der Waals surface area contributed by atoms with E-state index in [1.54, 1.807) is 12.1 Å². The van der Waals surface area contributed by atoms with Gasteiger partial charge in [-0.05, 0) is 43.0 Å². The predicted molar refractivity (Wildman–Crippen MR) is 115 cm³/mol. The quantitative estimate of drug-likeness (QED) is 0.535. The number of hydrogen-bond acceptors (Lipinski definition) is 5. The first kappa shape index (κ1) is 21.8. The van der Waals surface area contributed by atoms with E-state index in [-0.39, 0.29) is 17.7 Å². The van der Waals surface area contributed by atoms with Crippen LogP contribution in [0.5, 0.6) is 0 Å². The van der Waals surface area contributed by atoms with E-state index in [0.29, 0.717) is 30.7 Å². The molecule has 0 saturated carbocycles. The number of para-hydroxylation sites is 2. The summed E-state index contributed by atoms with van der Waals surface area (Å²) in [6, 6.07) is 15.6. The van der Waals surface area contributed by atoms with Crippen LogP contribution in [-0.4, -0.2) is 41.9 Å². The van der Waals surface area contributed by atoms with E-state index in [0.717, 1.165) is 5.69 Å². The Kier molecular flexibility index (Phi) is 7.43. The highest BCUT2D eigenvalue weighted by Gasteiger charge is 2.31. The second-order valence-corrected chi connectivity index (χ2v) is 7.86. The van der Waals surface area contributed by atoms with Crippen LogP contribution >= 0.6 is 0 Å². The molecule has 3 atom stereocenters. The fourth-order valence-electron chi connectivity index (χ4n) is 3.41. The van der Waals surface area contributed by atoms with Crippen molar-refractivity contribution in [3.8, 4) is 0 Å².